The number of rotatable bonds is 8. The molecule has 134 valence electrons. The van der Waals surface area contributed by atoms with E-state index in [9.17, 15) is 10.1 Å². The molecule has 9 nitrogen and oxygen atoms in total. The van der Waals surface area contributed by atoms with Gasteiger partial charge in [-0.1, -0.05) is 0 Å². The first-order valence-corrected chi connectivity index (χ1v) is 8.63. The van der Waals surface area contributed by atoms with E-state index < -0.39 is 4.92 Å². The highest BCUT2D eigenvalue weighted by Crippen LogP contribution is 2.33. The van der Waals surface area contributed by atoms with Crippen molar-refractivity contribution in [2.24, 2.45) is 10.2 Å². The Hall–Kier alpha value is -2.98. The zero-order valence-electron chi connectivity index (χ0n) is 14.0. The van der Waals surface area contributed by atoms with Crippen LogP contribution in [0.2, 0.25) is 0 Å². The van der Waals surface area contributed by atoms with E-state index in [1.807, 2.05) is 24.3 Å². The highest BCUT2D eigenvalue weighted by molar-refractivity contribution is 7.18. The summed E-state index contributed by atoms with van der Waals surface area (Å²) >= 11 is 0.874. The van der Waals surface area contributed by atoms with E-state index in [0.29, 0.717) is 12.3 Å². The van der Waals surface area contributed by atoms with Crippen molar-refractivity contribution < 1.29 is 9.66 Å². The number of nitro groups is 1. The molecule has 0 radical (unpaired) electrons. The number of benzene rings is 1. The average molecular weight is 372 g/mol. The monoisotopic (exact) mass is 372 g/mol. The molecular weight excluding hydrogens is 356 g/mol. The zero-order valence-corrected chi connectivity index (χ0v) is 14.8. The second kappa shape index (κ2) is 8.41. The molecule has 3 rings (SSSR count). The van der Waals surface area contributed by atoms with Crippen LogP contribution in [0, 0.1) is 10.1 Å². The summed E-state index contributed by atoms with van der Waals surface area (Å²) in [6, 6.07) is 7.45. The van der Waals surface area contributed by atoms with E-state index in [1.165, 1.54) is 6.20 Å². The fourth-order valence-electron chi connectivity index (χ4n) is 2.31. The molecule has 0 atom stereocenters. The third-order valence-corrected chi connectivity index (χ3v) is 4.33. The van der Waals surface area contributed by atoms with E-state index in [4.69, 9.17) is 4.74 Å². The molecule has 2 aromatic heterocycles. The van der Waals surface area contributed by atoms with E-state index in [0.717, 1.165) is 40.9 Å². The second-order valence-corrected chi connectivity index (χ2v) is 6.23. The predicted molar refractivity (Wildman–Crippen MR) is 99.7 cm³/mol. The van der Waals surface area contributed by atoms with Crippen LogP contribution >= 0.6 is 11.3 Å². The van der Waals surface area contributed by atoms with Crippen LogP contribution in [-0.4, -0.2) is 35.2 Å². The summed E-state index contributed by atoms with van der Waals surface area (Å²) in [5.74, 6) is 0. The quantitative estimate of drug-likeness (QED) is 0.270. The minimum absolute atomic E-state index is 0.0684. The zero-order chi connectivity index (χ0) is 18.4. The van der Waals surface area contributed by atoms with Gasteiger partial charge < -0.3 is 10.1 Å². The maximum Gasteiger partial charge on any atom is 0.345 e. The lowest BCUT2D eigenvalue weighted by atomic mass is 10.1. The lowest BCUT2D eigenvalue weighted by Gasteiger charge is -2.10. The Kier molecular flexibility index (Phi) is 5.77. The Morgan fingerprint density at radius 2 is 2.19 bits per heavy atom. The highest BCUT2D eigenvalue weighted by atomic mass is 32.1. The second-order valence-electron chi connectivity index (χ2n) is 5.24. The summed E-state index contributed by atoms with van der Waals surface area (Å²) in [6.07, 6.45) is 3.77. The third kappa shape index (κ3) is 4.16. The minimum Gasteiger partial charge on any atom is -0.385 e. The Bertz CT molecular complexity index is 943. The molecule has 0 aliphatic rings. The number of ether oxygens (including phenoxy) is 1. The maximum atomic E-state index is 10.7. The number of fused-ring (bicyclic) bond motifs is 1. The van der Waals surface area contributed by atoms with Crippen molar-refractivity contribution in [2.75, 3.05) is 25.6 Å². The first kappa shape index (κ1) is 17.8. The van der Waals surface area contributed by atoms with Crippen molar-refractivity contribution in [3.63, 3.8) is 0 Å². The number of methoxy groups -OCH3 is 1. The number of nitrogens with zero attached hydrogens (tertiary/aromatic N) is 5. The van der Waals surface area contributed by atoms with Gasteiger partial charge >= 0.3 is 5.00 Å². The van der Waals surface area contributed by atoms with Gasteiger partial charge in [0.2, 0.25) is 5.13 Å². The van der Waals surface area contributed by atoms with Crippen LogP contribution < -0.4 is 5.32 Å². The van der Waals surface area contributed by atoms with Crippen LogP contribution in [0.3, 0.4) is 0 Å². The van der Waals surface area contributed by atoms with Crippen LogP contribution in [0.15, 0.2) is 46.9 Å². The Labute approximate surface area is 152 Å². The molecule has 0 saturated carbocycles. The number of anilines is 1. The third-order valence-electron chi connectivity index (χ3n) is 3.49. The Morgan fingerprint density at radius 1 is 1.31 bits per heavy atom. The molecular formula is C16H16N6O3S. The van der Waals surface area contributed by atoms with Gasteiger partial charge in [0.05, 0.1) is 21.8 Å². The average Bonchev–Trinajstić information content (AvgIpc) is 3.13. The van der Waals surface area contributed by atoms with Crippen molar-refractivity contribution in [3.05, 3.63) is 46.8 Å². The fourth-order valence-corrected chi connectivity index (χ4v) is 2.87. The molecule has 1 aromatic carbocycles. The van der Waals surface area contributed by atoms with E-state index >= 15 is 0 Å². The summed E-state index contributed by atoms with van der Waals surface area (Å²) in [7, 11) is 1.67. The summed E-state index contributed by atoms with van der Waals surface area (Å²) < 4.78 is 5.05. The van der Waals surface area contributed by atoms with Crippen LogP contribution in [0.1, 0.15) is 6.42 Å². The van der Waals surface area contributed by atoms with Crippen molar-refractivity contribution in [1.29, 1.82) is 0 Å². The first-order valence-electron chi connectivity index (χ1n) is 7.81. The van der Waals surface area contributed by atoms with Crippen LogP contribution in [0.4, 0.5) is 21.5 Å². The van der Waals surface area contributed by atoms with Gasteiger partial charge in [0.15, 0.2) is 0 Å². The van der Waals surface area contributed by atoms with E-state index in [-0.39, 0.29) is 10.1 Å². The lowest BCUT2D eigenvalue weighted by Crippen LogP contribution is -2.05. The van der Waals surface area contributed by atoms with Crippen molar-refractivity contribution in [3.8, 4) is 0 Å². The van der Waals surface area contributed by atoms with Gasteiger partial charge in [0, 0.05) is 31.8 Å². The van der Waals surface area contributed by atoms with Gasteiger partial charge in [-0.25, -0.2) is 4.98 Å². The van der Waals surface area contributed by atoms with Gasteiger partial charge in [-0.05, 0) is 42.0 Å². The van der Waals surface area contributed by atoms with E-state index in [1.54, 1.807) is 13.3 Å². The molecule has 0 aliphatic carbocycles. The van der Waals surface area contributed by atoms with Crippen LogP contribution in [0.5, 0.6) is 0 Å². The van der Waals surface area contributed by atoms with Crippen molar-refractivity contribution in [1.82, 2.24) is 9.97 Å². The SMILES string of the molecule is COCCCNc1ccc(N=Nc2ncc([N+](=O)[O-])s2)c2cccnc12. The smallest absolute Gasteiger partial charge is 0.345 e. The van der Waals surface area contributed by atoms with Gasteiger partial charge in [-0.15, -0.1) is 10.2 Å². The molecule has 10 heteroatoms. The minimum atomic E-state index is -0.500. The van der Waals surface area contributed by atoms with Crippen LogP contribution in [0.25, 0.3) is 10.9 Å². The molecule has 0 amide bonds. The summed E-state index contributed by atoms with van der Waals surface area (Å²) in [5, 5.41) is 23.2. The van der Waals surface area contributed by atoms with Crippen molar-refractivity contribution in [2.45, 2.75) is 6.42 Å². The van der Waals surface area contributed by atoms with Gasteiger partial charge in [0.25, 0.3) is 0 Å². The molecule has 0 spiro atoms. The number of hydrogen-bond acceptors (Lipinski definition) is 9. The molecule has 0 bridgehead atoms. The molecule has 0 aliphatic heterocycles. The molecule has 1 N–H and O–H groups in total. The van der Waals surface area contributed by atoms with E-state index in [2.05, 4.69) is 25.5 Å². The molecule has 3 aromatic rings. The molecule has 0 unspecified atom stereocenters. The van der Waals surface area contributed by atoms with Crippen LogP contribution in [-0.2, 0) is 4.74 Å². The number of azo groups is 1. The van der Waals surface area contributed by atoms with Gasteiger partial charge in [0.1, 0.15) is 6.20 Å². The molecule has 2 heterocycles. The first-order chi connectivity index (χ1) is 12.7. The number of thiazole rings is 1. The molecule has 0 saturated heterocycles. The molecule has 0 fully saturated rings. The topological polar surface area (TPSA) is 115 Å². The number of aromatic nitrogens is 2. The predicted octanol–water partition coefficient (Wildman–Crippen LogP) is 4.46. The normalized spacial score (nSPS) is 11.3. The Morgan fingerprint density at radius 3 is 2.96 bits per heavy atom. The van der Waals surface area contributed by atoms with Gasteiger partial charge in [-0.2, -0.15) is 0 Å². The number of nitrogens with one attached hydrogen (secondary N) is 1. The standard InChI is InChI=1S/C16H16N6O3S/c1-25-9-3-8-17-13-6-5-12(11-4-2-7-18-15(11)13)20-21-16-19-10-14(26-16)22(23)24/h2,4-7,10,17H,3,8-9H2,1H3. The number of pyridine rings is 1. The largest absolute Gasteiger partial charge is 0.385 e. The summed E-state index contributed by atoms with van der Waals surface area (Å²) in [6.45, 7) is 1.45. The number of hydrogen-bond donors (Lipinski definition) is 1. The summed E-state index contributed by atoms with van der Waals surface area (Å²) in [5.41, 5.74) is 2.31. The molecule has 26 heavy (non-hydrogen) atoms. The lowest BCUT2D eigenvalue weighted by molar-refractivity contribution is -0.380. The maximum absolute atomic E-state index is 10.7. The highest BCUT2D eigenvalue weighted by Gasteiger charge is 2.11. The fraction of sp³-hybridized carbons (Fsp3) is 0.250. The summed E-state index contributed by atoms with van der Waals surface area (Å²) in [4.78, 5) is 18.5. The van der Waals surface area contributed by atoms with Crippen molar-refractivity contribution >= 4 is 43.7 Å². The van der Waals surface area contributed by atoms with Gasteiger partial charge in [-0.3, -0.25) is 15.1 Å². The Balaban J connectivity index is 1.84.